The lowest BCUT2D eigenvalue weighted by atomic mass is 9.92. The first kappa shape index (κ1) is 19.0. The summed E-state index contributed by atoms with van der Waals surface area (Å²) in [6.45, 7) is 11.0. The molecular formula is C19H30N4O3. The fourth-order valence-electron chi connectivity index (χ4n) is 3.61. The van der Waals surface area contributed by atoms with Crippen molar-refractivity contribution >= 4 is 5.91 Å². The topological polar surface area (TPSA) is 67.7 Å². The summed E-state index contributed by atoms with van der Waals surface area (Å²) in [5.41, 5.74) is 0.801. The van der Waals surface area contributed by atoms with Crippen LogP contribution in [-0.4, -0.2) is 70.9 Å². The van der Waals surface area contributed by atoms with E-state index in [2.05, 4.69) is 30.8 Å². The Morgan fingerprint density at radius 2 is 2.00 bits per heavy atom. The van der Waals surface area contributed by atoms with Crippen molar-refractivity contribution in [2.24, 2.45) is 0 Å². The van der Waals surface area contributed by atoms with Crippen molar-refractivity contribution < 1.29 is 9.53 Å². The van der Waals surface area contributed by atoms with Crippen LogP contribution in [0.3, 0.4) is 0 Å². The Morgan fingerprint density at radius 1 is 1.19 bits per heavy atom. The zero-order valence-corrected chi connectivity index (χ0v) is 16.1. The van der Waals surface area contributed by atoms with Gasteiger partial charge in [0.15, 0.2) is 0 Å². The molecule has 26 heavy (non-hydrogen) atoms. The van der Waals surface area contributed by atoms with Crippen molar-refractivity contribution in [3.8, 4) is 0 Å². The summed E-state index contributed by atoms with van der Waals surface area (Å²) in [4.78, 5) is 28.4. The smallest absolute Gasteiger partial charge is 0.266 e. The average molecular weight is 362 g/mol. The molecule has 0 saturated carbocycles. The Labute approximate surface area is 154 Å². The van der Waals surface area contributed by atoms with E-state index in [-0.39, 0.29) is 23.5 Å². The van der Waals surface area contributed by atoms with Crippen molar-refractivity contribution in [3.63, 3.8) is 0 Å². The molecule has 7 nitrogen and oxygen atoms in total. The van der Waals surface area contributed by atoms with Crippen LogP contribution in [0.1, 0.15) is 39.3 Å². The molecule has 2 fully saturated rings. The van der Waals surface area contributed by atoms with Gasteiger partial charge in [0.25, 0.3) is 5.56 Å². The molecule has 3 rings (SSSR count). The fourth-order valence-corrected chi connectivity index (χ4v) is 3.61. The third kappa shape index (κ3) is 4.51. The standard InChI is InChI=1S/C19H30N4O3/c1-19(2,3)16-6-7-17(24)23(20-16)13-15-5-4-8-21(15)9-10-22-11-12-26-14-18(22)25/h6-7,15H,4-5,8-14H2,1-3H3. The predicted molar refractivity (Wildman–Crippen MR) is 99.2 cm³/mol. The first-order chi connectivity index (χ1) is 12.3. The van der Waals surface area contributed by atoms with Gasteiger partial charge in [-0.05, 0) is 25.5 Å². The Kier molecular flexibility index (Phi) is 5.77. The molecule has 1 aromatic rings. The fraction of sp³-hybridized carbons (Fsp3) is 0.737. The van der Waals surface area contributed by atoms with Crippen LogP contribution < -0.4 is 5.56 Å². The quantitative estimate of drug-likeness (QED) is 0.777. The Balaban J connectivity index is 1.63. The molecule has 0 bridgehead atoms. The monoisotopic (exact) mass is 362 g/mol. The number of aromatic nitrogens is 2. The van der Waals surface area contributed by atoms with Crippen LogP contribution in [0.25, 0.3) is 0 Å². The number of amides is 1. The average Bonchev–Trinajstić information content (AvgIpc) is 3.02. The van der Waals surface area contributed by atoms with Gasteiger partial charge in [-0.3, -0.25) is 14.5 Å². The van der Waals surface area contributed by atoms with E-state index < -0.39 is 0 Å². The number of nitrogens with zero attached hydrogens (tertiary/aromatic N) is 4. The van der Waals surface area contributed by atoms with Gasteiger partial charge in [-0.2, -0.15) is 5.10 Å². The molecule has 1 atom stereocenters. The SMILES string of the molecule is CC(C)(C)c1ccc(=O)n(CC2CCCN2CCN2CCOCC2=O)n1. The Morgan fingerprint density at radius 3 is 2.73 bits per heavy atom. The maximum absolute atomic E-state index is 12.3. The van der Waals surface area contributed by atoms with Crippen LogP contribution in [0, 0.1) is 0 Å². The summed E-state index contributed by atoms with van der Waals surface area (Å²) in [7, 11) is 0. The molecule has 2 aliphatic rings. The number of carbonyl (C=O) groups excluding carboxylic acids is 1. The zero-order chi connectivity index (χ0) is 18.7. The molecule has 1 aromatic heterocycles. The highest BCUT2D eigenvalue weighted by molar-refractivity contribution is 5.77. The van der Waals surface area contributed by atoms with E-state index in [4.69, 9.17) is 4.74 Å². The second-order valence-corrected chi connectivity index (χ2v) is 8.25. The van der Waals surface area contributed by atoms with Crippen LogP contribution in [-0.2, 0) is 21.5 Å². The van der Waals surface area contributed by atoms with E-state index in [1.54, 1.807) is 10.7 Å². The number of carbonyl (C=O) groups is 1. The van der Waals surface area contributed by atoms with E-state index in [0.29, 0.717) is 25.7 Å². The molecule has 0 radical (unpaired) electrons. The minimum Gasteiger partial charge on any atom is -0.370 e. The van der Waals surface area contributed by atoms with Crippen molar-refractivity contribution in [1.82, 2.24) is 19.6 Å². The summed E-state index contributed by atoms with van der Waals surface area (Å²) in [6.07, 6.45) is 2.18. The third-order valence-electron chi connectivity index (χ3n) is 5.26. The second-order valence-electron chi connectivity index (χ2n) is 8.25. The molecule has 2 saturated heterocycles. The molecule has 7 heteroatoms. The summed E-state index contributed by atoms with van der Waals surface area (Å²) in [6, 6.07) is 3.75. The highest BCUT2D eigenvalue weighted by Gasteiger charge is 2.27. The first-order valence-corrected chi connectivity index (χ1v) is 9.53. The largest absolute Gasteiger partial charge is 0.370 e. The second kappa shape index (κ2) is 7.88. The number of hydrogen-bond acceptors (Lipinski definition) is 5. The Bertz CT molecular complexity index is 695. The van der Waals surface area contributed by atoms with Crippen molar-refractivity contribution in [1.29, 1.82) is 0 Å². The normalized spacial score (nSPS) is 22.2. The van der Waals surface area contributed by atoms with Crippen LogP contribution in [0.2, 0.25) is 0 Å². The minimum atomic E-state index is -0.0818. The number of rotatable bonds is 5. The summed E-state index contributed by atoms with van der Waals surface area (Å²) < 4.78 is 6.80. The maximum Gasteiger partial charge on any atom is 0.266 e. The van der Waals surface area contributed by atoms with Crippen molar-refractivity contribution in [3.05, 3.63) is 28.2 Å². The number of morpholine rings is 1. The van der Waals surface area contributed by atoms with E-state index in [0.717, 1.165) is 38.2 Å². The molecule has 0 aliphatic carbocycles. The molecule has 0 spiro atoms. The summed E-state index contributed by atoms with van der Waals surface area (Å²) >= 11 is 0. The van der Waals surface area contributed by atoms with Crippen LogP contribution >= 0.6 is 0 Å². The molecule has 1 unspecified atom stereocenters. The highest BCUT2D eigenvalue weighted by Crippen LogP contribution is 2.20. The van der Waals surface area contributed by atoms with E-state index in [1.165, 1.54) is 0 Å². The molecule has 144 valence electrons. The first-order valence-electron chi connectivity index (χ1n) is 9.53. The van der Waals surface area contributed by atoms with Gasteiger partial charge < -0.3 is 9.64 Å². The lowest BCUT2D eigenvalue weighted by molar-refractivity contribution is -0.142. The van der Waals surface area contributed by atoms with Crippen LogP contribution in [0.15, 0.2) is 16.9 Å². The van der Waals surface area contributed by atoms with Gasteiger partial charge in [-0.25, -0.2) is 4.68 Å². The van der Waals surface area contributed by atoms with Crippen molar-refractivity contribution in [2.45, 2.75) is 51.6 Å². The highest BCUT2D eigenvalue weighted by atomic mass is 16.5. The molecule has 0 N–H and O–H groups in total. The van der Waals surface area contributed by atoms with E-state index >= 15 is 0 Å². The summed E-state index contributed by atoms with van der Waals surface area (Å²) in [5, 5.41) is 4.60. The number of likely N-dealkylation sites (tertiary alicyclic amines) is 1. The number of ether oxygens (including phenoxy) is 1. The summed E-state index contributed by atoms with van der Waals surface area (Å²) in [5.74, 6) is 0.0720. The van der Waals surface area contributed by atoms with Crippen LogP contribution in [0.5, 0.6) is 0 Å². The third-order valence-corrected chi connectivity index (χ3v) is 5.26. The van der Waals surface area contributed by atoms with Gasteiger partial charge in [-0.1, -0.05) is 20.8 Å². The van der Waals surface area contributed by atoms with Gasteiger partial charge in [-0.15, -0.1) is 0 Å². The van der Waals surface area contributed by atoms with Gasteiger partial charge in [0.2, 0.25) is 5.91 Å². The number of hydrogen-bond donors (Lipinski definition) is 0. The van der Waals surface area contributed by atoms with Crippen LogP contribution in [0.4, 0.5) is 0 Å². The predicted octanol–water partition coefficient (Wildman–Crippen LogP) is 0.864. The molecular weight excluding hydrogens is 332 g/mol. The van der Waals surface area contributed by atoms with Gasteiger partial charge >= 0.3 is 0 Å². The lowest BCUT2D eigenvalue weighted by Gasteiger charge is -2.31. The van der Waals surface area contributed by atoms with Gasteiger partial charge in [0, 0.05) is 37.2 Å². The lowest BCUT2D eigenvalue weighted by Crippen LogP contribution is -2.47. The van der Waals surface area contributed by atoms with Gasteiger partial charge in [0.1, 0.15) is 6.61 Å². The van der Waals surface area contributed by atoms with E-state index in [1.807, 2.05) is 11.0 Å². The molecule has 1 amide bonds. The zero-order valence-electron chi connectivity index (χ0n) is 16.1. The van der Waals surface area contributed by atoms with E-state index in [9.17, 15) is 9.59 Å². The molecule has 2 aliphatic heterocycles. The van der Waals surface area contributed by atoms with Crippen molar-refractivity contribution in [2.75, 3.05) is 39.4 Å². The molecule has 0 aromatic carbocycles. The van der Waals surface area contributed by atoms with Gasteiger partial charge in [0.05, 0.1) is 18.8 Å². The minimum absolute atomic E-state index is 0.0480. The molecule has 3 heterocycles. The maximum atomic E-state index is 12.3. The Hall–Kier alpha value is -1.73.